The number of amides is 4. The van der Waals surface area contributed by atoms with Crippen LogP contribution in [0.3, 0.4) is 0 Å². The first-order chi connectivity index (χ1) is 11.7. The van der Waals surface area contributed by atoms with Crippen LogP contribution >= 0.6 is 15.9 Å². The molecule has 0 aromatic heterocycles. The lowest BCUT2D eigenvalue weighted by Gasteiger charge is -2.14. The van der Waals surface area contributed by atoms with Crippen LogP contribution in [0.2, 0.25) is 0 Å². The van der Waals surface area contributed by atoms with Crippen molar-refractivity contribution >= 4 is 39.7 Å². The number of hydrogen-bond acceptors (Lipinski definition) is 5. The van der Waals surface area contributed by atoms with Crippen molar-refractivity contribution in [2.45, 2.75) is 32.9 Å². The Hall–Kier alpha value is -2.42. The third-order valence-corrected chi connectivity index (χ3v) is 3.54. The van der Waals surface area contributed by atoms with Gasteiger partial charge in [-0.3, -0.25) is 19.7 Å². The van der Waals surface area contributed by atoms with Crippen LogP contribution in [-0.2, 0) is 14.3 Å². The Kier molecular flexibility index (Phi) is 8.06. The number of halogens is 1. The lowest BCUT2D eigenvalue weighted by atomic mass is 10.2. The van der Waals surface area contributed by atoms with Crippen molar-refractivity contribution < 1.29 is 23.9 Å². The molecule has 0 aliphatic heterocycles. The molecule has 4 amide bonds. The van der Waals surface area contributed by atoms with Gasteiger partial charge in [-0.05, 0) is 48.8 Å². The zero-order chi connectivity index (χ0) is 19.0. The minimum atomic E-state index is -1.18. The molecular formula is C16H20BrN3O5. The quantitative estimate of drug-likeness (QED) is 0.608. The van der Waals surface area contributed by atoms with Crippen molar-refractivity contribution in [3.63, 3.8) is 0 Å². The van der Waals surface area contributed by atoms with E-state index in [1.165, 1.54) is 6.92 Å². The van der Waals surface area contributed by atoms with Crippen molar-refractivity contribution in [2.75, 3.05) is 6.54 Å². The standard InChI is InChI=1S/C16H20BrN3O5/c1-9(2)19-16(24)20-14(22)10(3)25-13(21)8-18-15(23)11-6-4-5-7-12(11)17/h4-7,9-10H,8H2,1-3H3,(H,18,23)(H2,19,20,22,24)/t10-/m1/s1. The maximum atomic E-state index is 12.0. The molecule has 3 N–H and O–H groups in total. The van der Waals surface area contributed by atoms with E-state index in [9.17, 15) is 19.2 Å². The molecule has 0 radical (unpaired) electrons. The highest BCUT2D eigenvalue weighted by Gasteiger charge is 2.20. The second kappa shape index (κ2) is 9.77. The average molecular weight is 414 g/mol. The Morgan fingerprint density at radius 3 is 2.36 bits per heavy atom. The molecule has 0 saturated heterocycles. The largest absolute Gasteiger partial charge is 0.451 e. The van der Waals surface area contributed by atoms with E-state index >= 15 is 0 Å². The predicted molar refractivity (Wildman–Crippen MR) is 93.8 cm³/mol. The maximum absolute atomic E-state index is 12.0. The number of nitrogens with one attached hydrogen (secondary N) is 3. The number of ether oxygens (including phenoxy) is 1. The zero-order valence-corrected chi connectivity index (χ0v) is 15.7. The van der Waals surface area contributed by atoms with Crippen LogP contribution in [0, 0.1) is 0 Å². The van der Waals surface area contributed by atoms with Crippen LogP contribution in [0.5, 0.6) is 0 Å². The zero-order valence-electron chi connectivity index (χ0n) is 14.1. The monoisotopic (exact) mass is 413 g/mol. The smallest absolute Gasteiger partial charge is 0.326 e. The number of hydrogen-bond donors (Lipinski definition) is 3. The Morgan fingerprint density at radius 2 is 1.76 bits per heavy atom. The van der Waals surface area contributed by atoms with Gasteiger partial charge in [-0.15, -0.1) is 0 Å². The van der Waals surface area contributed by atoms with E-state index in [0.29, 0.717) is 10.0 Å². The van der Waals surface area contributed by atoms with E-state index in [-0.39, 0.29) is 6.04 Å². The first kappa shape index (κ1) is 20.6. The summed E-state index contributed by atoms with van der Waals surface area (Å²) >= 11 is 3.24. The van der Waals surface area contributed by atoms with Crippen LogP contribution in [0.4, 0.5) is 4.79 Å². The normalized spacial score (nSPS) is 11.4. The molecule has 1 atom stereocenters. The summed E-state index contributed by atoms with van der Waals surface area (Å²) in [5, 5.41) is 6.92. The number of urea groups is 1. The molecule has 9 heteroatoms. The lowest BCUT2D eigenvalue weighted by molar-refractivity contribution is -0.153. The molecule has 0 spiro atoms. The minimum absolute atomic E-state index is 0.141. The number of carbonyl (C=O) groups is 4. The molecule has 0 saturated carbocycles. The fraction of sp³-hybridized carbons (Fsp3) is 0.375. The number of esters is 1. The lowest BCUT2D eigenvalue weighted by Crippen LogP contribution is -2.47. The van der Waals surface area contributed by atoms with Gasteiger partial charge in [-0.1, -0.05) is 12.1 Å². The molecule has 1 aromatic carbocycles. The van der Waals surface area contributed by atoms with Crippen molar-refractivity contribution in [1.82, 2.24) is 16.0 Å². The van der Waals surface area contributed by atoms with Gasteiger partial charge in [0.25, 0.3) is 11.8 Å². The molecule has 0 bridgehead atoms. The highest BCUT2D eigenvalue weighted by molar-refractivity contribution is 9.10. The SMILES string of the molecule is CC(C)NC(=O)NC(=O)[C@@H](C)OC(=O)CNC(=O)c1ccccc1Br. The van der Waals surface area contributed by atoms with Gasteiger partial charge in [0.05, 0.1) is 5.56 Å². The van der Waals surface area contributed by atoms with Crippen molar-refractivity contribution in [2.24, 2.45) is 0 Å². The fourth-order valence-electron chi connectivity index (χ4n) is 1.70. The van der Waals surface area contributed by atoms with Gasteiger partial charge in [0.1, 0.15) is 6.54 Å². The Balaban J connectivity index is 2.43. The molecule has 8 nitrogen and oxygen atoms in total. The molecule has 0 aliphatic rings. The van der Waals surface area contributed by atoms with Crippen molar-refractivity contribution in [3.8, 4) is 0 Å². The Morgan fingerprint density at radius 1 is 1.12 bits per heavy atom. The van der Waals surface area contributed by atoms with Gasteiger partial charge in [0.15, 0.2) is 6.10 Å². The predicted octanol–water partition coefficient (Wildman–Crippen LogP) is 1.34. The molecule has 0 fully saturated rings. The van der Waals surface area contributed by atoms with E-state index in [1.807, 2.05) is 0 Å². The second-order valence-corrected chi connectivity index (χ2v) is 6.27. The van der Waals surface area contributed by atoms with E-state index in [4.69, 9.17) is 4.74 Å². The van der Waals surface area contributed by atoms with Crippen LogP contribution in [-0.4, -0.2) is 42.5 Å². The fourth-order valence-corrected chi connectivity index (χ4v) is 2.16. The van der Waals surface area contributed by atoms with Crippen molar-refractivity contribution in [1.29, 1.82) is 0 Å². The number of benzene rings is 1. The molecular weight excluding hydrogens is 394 g/mol. The van der Waals surface area contributed by atoms with Crippen LogP contribution in [0.15, 0.2) is 28.7 Å². The van der Waals surface area contributed by atoms with Gasteiger partial charge in [-0.25, -0.2) is 4.79 Å². The molecule has 25 heavy (non-hydrogen) atoms. The molecule has 0 aliphatic carbocycles. The van der Waals surface area contributed by atoms with Gasteiger partial charge < -0.3 is 15.4 Å². The summed E-state index contributed by atoms with van der Waals surface area (Å²) < 4.78 is 5.46. The summed E-state index contributed by atoms with van der Waals surface area (Å²) in [5.74, 6) is -2.02. The van der Waals surface area contributed by atoms with E-state index in [2.05, 4.69) is 31.9 Å². The molecule has 1 aromatic rings. The highest BCUT2D eigenvalue weighted by atomic mass is 79.9. The Labute approximate surface area is 153 Å². The van der Waals surface area contributed by atoms with E-state index in [1.54, 1.807) is 38.1 Å². The number of imide groups is 1. The van der Waals surface area contributed by atoms with Gasteiger partial charge in [0.2, 0.25) is 0 Å². The second-order valence-electron chi connectivity index (χ2n) is 5.41. The first-order valence-corrected chi connectivity index (χ1v) is 8.33. The molecule has 136 valence electrons. The average Bonchev–Trinajstić information content (AvgIpc) is 2.52. The number of rotatable bonds is 6. The van der Waals surface area contributed by atoms with E-state index in [0.717, 1.165) is 0 Å². The van der Waals surface area contributed by atoms with Crippen LogP contribution < -0.4 is 16.0 Å². The molecule has 0 unspecified atom stereocenters. The summed E-state index contributed by atoms with van der Waals surface area (Å²) in [6.07, 6.45) is -1.18. The summed E-state index contributed by atoms with van der Waals surface area (Å²) in [4.78, 5) is 46.8. The maximum Gasteiger partial charge on any atom is 0.326 e. The Bertz CT molecular complexity index is 663. The topological polar surface area (TPSA) is 114 Å². The van der Waals surface area contributed by atoms with Crippen molar-refractivity contribution in [3.05, 3.63) is 34.3 Å². The third-order valence-electron chi connectivity index (χ3n) is 2.85. The summed E-state index contributed by atoms with van der Waals surface area (Å²) in [5.41, 5.74) is 0.367. The molecule has 1 rings (SSSR count). The van der Waals surface area contributed by atoms with E-state index < -0.39 is 36.5 Å². The highest BCUT2D eigenvalue weighted by Crippen LogP contribution is 2.15. The van der Waals surface area contributed by atoms with Gasteiger partial charge in [0, 0.05) is 10.5 Å². The van der Waals surface area contributed by atoms with Gasteiger partial charge >= 0.3 is 12.0 Å². The summed E-state index contributed by atoms with van der Waals surface area (Å²) in [6.45, 7) is 4.39. The number of carbonyl (C=O) groups excluding carboxylic acids is 4. The summed E-state index contributed by atoms with van der Waals surface area (Å²) in [6, 6.07) is 5.91. The molecule has 0 heterocycles. The van der Waals surface area contributed by atoms with Crippen LogP contribution in [0.25, 0.3) is 0 Å². The third kappa shape index (κ3) is 7.34. The summed E-state index contributed by atoms with van der Waals surface area (Å²) in [7, 11) is 0. The first-order valence-electron chi connectivity index (χ1n) is 7.54. The van der Waals surface area contributed by atoms with Crippen LogP contribution in [0.1, 0.15) is 31.1 Å². The minimum Gasteiger partial charge on any atom is -0.451 e. The van der Waals surface area contributed by atoms with Gasteiger partial charge in [-0.2, -0.15) is 0 Å².